The number of benzene rings is 2. The summed E-state index contributed by atoms with van der Waals surface area (Å²) in [6, 6.07) is 20.7. The molecule has 136 valence electrons. The molecule has 0 unspecified atom stereocenters. The van der Waals surface area contributed by atoms with Crippen LogP contribution in [0.2, 0.25) is 0 Å². The van der Waals surface area contributed by atoms with E-state index in [2.05, 4.69) is 50.8 Å². The topological polar surface area (TPSA) is 72.9 Å². The third kappa shape index (κ3) is 3.77. The zero-order valence-electron chi connectivity index (χ0n) is 14.5. The van der Waals surface area contributed by atoms with Gasteiger partial charge >= 0.3 is 0 Å². The molecule has 26 heavy (non-hydrogen) atoms. The zero-order chi connectivity index (χ0) is 17.1. The number of hydrogen-bond acceptors (Lipinski definition) is 5. The van der Waals surface area contributed by atoms with E-state index in [9.17, 15) is 0 Å². The summed E-state index contributed by atoms with van der Waals surface area (Å²) in [7, 11) is 0. The Morgan fingerprint density at radius 3 is 2.35 bits per heavy atom. The van der Waals surface area contributed by atoms with Gasteiger partial charge in [-0.25, -0.2) is 0 Å². The Morgan fingerprint density at radius 2 is 1.65 bits per heavy atom. The summed E-state index contributed by atoms with van der Waals surface area (Å²) in [6.45, 7) is 3.37. The van der Waals surface area contributed by atoms with Gasteiger partial charge in [0.2, 0.25) is 0 Å². The van der Waals surface area contributed by atoms with Crippen molar-refractivity contribution in [3.8, 4) is 5.69 Å². The second-order valence-corrected chi connectivity index (χ2v) is 6.55. The highest BCUT2D eigenvalue weighted by molar-refractivity contribution is 5.85. The molecule has 0 aliphatic carbocycles. The number of halogens is 1. The van der Waals surface area contributed by atoms with Crippen LogP contribution in [0.1, 0.15) is 17.3 Å². The fourth-order valence-corrected chi connectivity index (χ4v) is 3.68. The first-order valence-electron chi connectivity index (χ1n) is 8.65. The molecule has 1 aromatic heterocycles. The van der Waals surface area contributed by atoms with Crippen molar-refractivity contribution in [1.82, 2.24) is 25.1 Å². The van der Waals surface area contributed by atoms with Crippen molar-refractivity contribution < 1.29 is 0 Å². The van der Waals surface area contributed by atoms with Gasteiger partial charge in [0.05, 0.1) is 12.2 Å². The first-order valence-corrected chi connectivity index (χ1v) is 8.65. The number of nitrogens with zero attached hydrogens (tertiary/aromatic N) is 5. The average molecular weight is 371 g/mol. The van der Waals surface area contributed by atoms with Crippen LogP contribution in [0.3, 0.4) is 0 Å². The summed E-state index contributed by atoms with van der Waals surface area (Å²) in [6.07, 6.45) is 0. The second-order valence-electron chi connectivity index (χ2n) is 6.55. The van der Waals surface area contributed by atoms with E-state index >= 15 is 0 Å². The molecule has 6 nitrogen and oxygen atoms in total. The Balaban J connectivity index is 0.00000196. The van der Waals surface area contributed by atoms with E-state index in [-0.39, 0.29) is 12.4 Å². The van der Waals surface area contributed by atoms with Gasteiger partial charge in [0.25, 0.3) is 0 Å². The maximum Gasteiger partial charge on any atom is 0.170 e. The second kappa shape index (κ2) is 8.40. The standard InChI is InChI=1S/C19H22N6.ClH/c20-11-16-12-24(13-18(16)15-7-3-1-4-8-15)14-19-21-22-23-25(19)17-9-5-2-6-10-17;/h1-10,16,18H,11-14,20H2;1H/t16-,18+;/m1./s1. The van der Waals surface area contributed by atoms with Crippen molar-refractivity contribution in [2.75, 3.05) is 19.6 Å². The van der Waals surface area contributed by atoms with E-state index in [1.54, 1.807) is 0 Å². The summed E-state index contributed by atoms with van der Waals surface area (Å²) in [5.41, 5.74) is 8.39. The number of aromatic nitrogens is 4. The largest absolute Gasteiger partial charge is 0.330 e. The molecule has 2 atom stereocenters. The van der Waals surface area contributed by atoms with Gasteiger partial charge in [-0.15, -0.1) is 17.5 Å². The first-order chi connectivity index (χ1) is 12.3. The molecular weight excluding hydrogens is 348 g/mol. The Hall–Kier alpha value is -2.28. The molecule has 0 saturated carbocycles. The van der Waals surface area contributed by atoms with Gasteiger partial charge in [-0.2, -0.15) is 4.68 Å². The molecular formula is C19H23ClN6. The van der Waals surface area contributed by atoms with E-state index in [1.165, 1.54) is 5.56 Å². The fraction of sp³-hybridized carbons (Fsp3) is 0.316. The fourth-order valence-electron chi connectivity index (χ4n) is 3.68. The van der Waals surface area contributed by atoms with Crippen LogP contribution >= 0.6 is 12.4 Å². The normalized spacial score (nSPS) is 20.0. The van der Waals surface area contributed by atoms with Crippen LogP contribution in [0, 0.1) is 5.92 Å². The molecule has 2 aromatic carbocycles. The van der Waals surface area contributed by atoms with E-state index in [1.807, 2.05) is 35.0 Å². The average Bonchev–Trinajstić information content (AvgIpc) is 3.30. The van der Waals surface area contributed by atoms with Gasteiger partial charge in [0, 0.05) is 19.0 Å². The molecule has 1 saturated heterocycles. The lowest BCUT2D eigenvalue weighted by Crippen LogP contribution is -2.24. The number of likely N-dealkylation sites (tertiary alicyclic amines) is 1. The van der Waals surface area contributed by atoms with Crippen LogP contribution in [-0.2, 0) is 6.54 Å². The molecule has 3 aromatic rings. The van der Waals surface area contributed by atoms with Gasteiger partial charge in [-0.05, 0) is 40.6 Å². The number of para-hydroxylation sites is 1. The summed E-state index contributed by atoms with van der Waals surface area (Å²) < 4.78 is 1.81. The molecule has 0 amide bonds. The Kier molecular flexibility index (Phi) is 5.98. The molecule has 7 heteroatoms. The lowest BCUT2D eigenvalue weighted by Gasteiger charge is -2.16. The van der Waals surface area contributed by atoms with Crippen LogP contribution in [0.25, 0.3) is 5.69 Å². The van der Waals surface area contributed by atoms with Gasteiger partial charge in [-0.1, -0.05) is 48.5 Å². The molecule has 0 bridgehead atoms. The molecule has 2 N–H and O–H groups in total. The number of hydrogen-bond donors (Lipinski definition) is 1. The lowest BCUT2D eigenvalue weighted by molar-refractivity contribution is 0.305. The summed E-state index contributed by atoms with van der Waals surface area (Å²) in [4.78, 5) is 2.40. The van der Waals surface area contributed by atoms with Crippen LogP contribution in [0.4, 0.5) is 0 Å². The maximum absolute atomic E-state index is 6.05. The number of nitrogens with two attached hydrogens (primary N) is 1. The third-order valence-corrected chi connectivity index (χ3v) is 4.95. The minimum absolute atomic E-state index is 0. The molecule has 1 fully saturated rings. The van der Waals surface area contributed by atoms with E-state index < -0.39 is 0 Å². The van der Waals surface area contributed by atoms with Gasteiger partial charge < -0.3 is 5.73 Å². The highest BCUT2D eigenvalue weighted by Crippen LogP contribution is 2.32. The van der Waals surface area contributed by atoms with Crippen molar-refractivity contribution in [2.45, 2.75) is 12.5 Å². The van der Waals surface area contributed by atoms with Crippen molar-refractivity contribution in [2.24, 2.45) is 11.7 Å². The third-order valence-electron chi connectivity index (χ3n) is 4.95. The van der Waals surface area contributed by atoms with Crippen LogP contribution in [-0.4, -0.2) is 44.7 Å². The number of rotatable bonds is 5. The summed E-state index contributed by atoms with van der Waals surface area (Å²) >= 11 is 0. The van der Waals surface area contributed by atoms with E-state index in [0.29, 0.717) is 18.4 Å². The highest BCUT2D eigenvalue weighted by atomic mass is 35.5. The molecule has 0 radical (unpaired) electrons. The van der Waals surface area contributed by atoms with E-state index in [0.717, 1.165) is 31.1 Å². The smallest absolute Gasteiger partial charge is 0.170 e. The Bertz CT molecular complexity index is 807. The van der Waals surface area contributed by atoms with Gasteiger partial charge in [0.1, 0.15) is 0 Å². The Labute approximate surface area is 159 Å². The van der Waals surface area contributed by atoms with Crippen molar-refractivity contribution >= 4 is 12.4 Å². The molecule has 2 heterocycles. The molecule has 0 spiro atoms. The zero-order valence-corrected chi connectivity index (χ0v) is 15.3. The predicted octanol–water partition coefficient (Wildman–Crippen LogP) is 2.26. The van der Waals surface area contributed by atoms with Crippen LogP contribution in [0.15, 0.2) is 60.7 Å². The molecule has 1 aliphatic heterocycles. The van der Waals surface area contributed by atoms with Gasteiger partial charge in [-0.3, -0.25) is 4.90 Å². The highest BCUT2D eigenvalue weighted by Gasteiger charge is 2.33. The molecule has 4 rings (SSSR count). The van der Waals surface area contributed by atoms with Crippen molar-refractivity contribution in [1.29, 1.82) is 0 Å². The Morgan fingerprint density at radius 1 is 0.962 bits per heavy atom. The van der Waals surface area contributed by atoms with Crippen LogP contribution < -0.4 is 5.73 Å². The van der Waals surface area contributed by atoms with Crippen molar-refractivity contribution in [3.63, 3.8) is 0 Å². The van der Waals surface area contributed by atoms with Crippen LogP contribution in [0.5, 0.6) is 0 Å². The minimum Gasteiger partial charge on any atom is -0.330 e. The summed E-state index contributed by atoms with van der Waals surface area (Å²) in [5, 5.41) is 12.3. The van der Waals surface area contributed by atoms with Gasteiger partial charge in [0.15, 0.2) is 5.82 Å². The maximum atomic E-state index is 6.05. The van der Waals surface area contributed by atoms with E-state index in [4.69, 9.17) is 5.73 Å². The molecule has 1 aliphatic rings. The summed E-state index contributed by atoms with van der Waals surface area (Å²) in [5.74, 6) is 1.78. The number of tetrazole rings is 1. The van der Waals surface area contributed by atoms with Crippen molar-refractivity contribution in [3.05, 3.63) is 72.1 Å². The quantitative estimate of drug-likeness (QED) is 0.745. The monoisotopic (exact) mass is 370 g/mol. The minimum atomic E-state index is 0. The SMILES string of the molecule is Cl.NC[C@@H]1CN(Cc2nnnn2-c2ccccc2)C[C@H]1c1ccccc1. The first kappa shape index (κ1) is 18.5. The predicted molar refractivity (Wildman–Crippen MR) is 103 cm³/mol. The lowest BCUT2D eigenvalue weighted by atomic mass is 9.89.